The van der Waals surface area contributed by atoms with Crippen molar-refractivity contribution in [1.29, 1.82) is 0 Å². The molecule has 0 aliphatic carbocycles. The maximum Gasteiger partial charge on any atom is 0.229 e. The summed E-state index contributed by atoms with van der Waals surface area (Å²) < 4.78 is 5.80. The maximum atomic E-state index is 12.8. The molecule has 7 heteroatoms. The number of rotatable bonds is 5. The number of benzene rings is 2. The van der Waals surface area contributed by atoms with Crippen molar-refractivity contribution in [3.05, 3.63) is 54.1 Å². The number of carbonyl (C=O) groups excluding carboxylic acids is 2. The maximum absolute atomic E-state index is 12.8. The first-order chi connectivity index (χ1) is 13.7. The zero-order valence-corrected chi connectivity index (χ0v) is 17.2. The van der Waals surface area contributed by atoms with Gasteiger partial charge >= 0.3 is 0 Å². The zero-order valence-electron chi connectivity index (χ0n) is 15.6. The fourth-order valence-corrected chi connectivity index (χ4v) is 6.37. The number of anilines is 2. The third-order valence-electron chi connectivity index (χ3n) is 4.92. The van der Waals surface area contributed by atoms with Gasteiger partial charge in [0, 0.05) is 30.2 Å². The first-order valence-corrected chi connectivity index (χ1v) is 11.3. The lowest BCUT2D eigenvalue weighted by atomic mass is 10.1. The van der Waals surface area contributed by atoms with E-state index in [1.807, 2.05) is 66.0 Å². The van der Waals surface area contributed by atoms with Crippen LogP contribution in [0.4, 0.5) is 11.4 Å². The number of nitrogens with one attached hydrogen (secondary N) is 1. The van der Waals surface area contributed by atoms with Gasteiger partial charge < -0.3 is 15.0 Å². The number of methoxy groups -OCH3 is 1. The molecule has 2 amide bonds. The number of amides is 2. The lowest BCUT2D eigenvalue weighted by molar-refractivity contribution is -0.122. The van der Waals surface area contributed by atoms with Crippen LogP contribution in [-0.2, 0) is 9.59 Å². The highest BCUT2D eigenvalue weighted by Gasteiger charge is 2.36. The smallest absolute Gasteiger partial charge is 0.229 e. The molecule has 2 aliphatic rings. The molecule has 2 aliphatic heterocycles. The Hall–Kier alpha value is -2.12. The number of carbonyl (C=O) groups is 2. The molecule has 4 rings (SSSR count). The van der Waals surface area contributed by atoms with Gasteiger partial charge in [-0.1, -0.05) is 24.3 Å². The Kier molecular flexibility index (Phi) is 5.82. The van der Waals surface area contributed by atoms with Crippen LogP contribution in [0, 0.1) is 5.92 Å². The monoisotopic (exact) mass is 414 g/mol. The predicted molar refractivity (Wildman–Crippen MR) is 116 cm³/mol. The standard InChI is InChI=1S/C21H22N2O3S2/c1-26-18-8-3-2-7-17(18)23-13-15(12-19(23)24)20(25)22-16-6-4-5-14(11-16)21-27-9-10-28-21/h2-8,11,15,21H,9-10,12-13H2,1H3,(H,22,25). The summed E-state index contributed by atoms with van der Waals surface area (Å²) in [6.07, 6.45) is 0.206. The largest absolute Gasteiger partial charge is 0.495 e. The van der Waals surface area contributed by atoms with E-state index in [2.05, 4.69) is 11.4 Å². The van der Waals surface area contributed by atoms with Gasteiger partial charge in [0.1, 0.15) is 5.75 Å². The predicted octanol–water partition coefficient (Wildman–Crippen LogP) is 4.17. The highest BCUT2D eigenvalue weighted by Crippen LogP contribution is 2.45. The number of nitrogens with zero attached hydrogens (tertiary/aromatic N) is 1. The molecule has 0 saturated carbocycles. The summed E-state index contributed by atoms with van der Waals surface area (Å²) in [5, 5.41) is 3.00. The summed E-state index contributed by atoms with van der Waals surface area (Å²) >= 11 is 3.87. The van der Waals surface area contributed by atoms with Gasteiger partial charge in [-0.25, -0.2) is 0 Å². The third-order valence-corrected chi connectivity index (χ3v) is 8.02. The molecule has 0 bridgehead atoms. The Morgan fingerprint density at radius 3 is 2.71 bits per heavy atom. The van der Waals surface area contributed by atoms with Gasteiger partial charge in [0.15, 0.2) is 0 Å². The summed E-state index contributed by atoms with van der Waals surface area (Å²) in [4.78, 5) is 27.0. The molecule has 146 valence electrons. The van der Waals surface area contributed by atoms with Crippen LogP contribution in [0.25, 0.3) is 0 Å². The van der Waals surface area contributed by atoms with Gasteiger partial charge in [-0.05, 0) is 29.8 Å². The quantitative estimate of drug-likeness (QED) is 0.796. The topological polar surface area (TPSA) is 58.6 Å². The molecule has 1 unspecified atom stereocenters. The van der Waals surface area contributed by atoms with Crippen molar-refractivity contribution in [3.63, 3.8) is 0 Å². The van der Waals surface area contributed by atoms with E-state index in [9.17, 15) is 9.59 Å². The molecule has 28 heavy (non-hydrogen) atoms. The molecular weight excluding hydrogens is 392 g/mol. The summed E-state index contributed by atoms with van der Waals surface area (Å²) in [6, 6.07) is 15.4. The highest BCUT2D eigenvalue weighted by atomic mass is 32.2. The Labute approximate surface area is 173 Å². The molecule has 1 atom stereocenters. The van der Waals surface area contributed by atoms with E-state index in [-0.39, 0.29) is 24.2 Å². The van der Waals surface area contributed by atoms with Crippen LogP contribution in [-0.4, -0.2) is 37.0 Å². The fraction of sp³-hybridized carbons (Fsp3) is 0.333. The molecular formula is C21H22N2O3S2. The van der Waals surface area contributed by atoms with Gasteiger partial charge in [0.05, 0.1) is 23.3 Å². The summed E-state index contributed by atoms with van der Waals surface area (Å²) in [7, 11) is 1.58. The Morgan fingerprint density at radius 1 is 1.14 bits per heavy atom. The van der Waals surface area contributed by atoms with Gasteiger partial charge in [-0.3, -0.25) is 9.59 Å². The summed E-state index contributed by atoms with van der Waals surface area (Å²) in [6.45, 7) is 0.360. The van der Waals surface area contributed by atoms with Crippen molar-refractivity contribution in [2.45, 2.75) is 11.0 Å². The minimum absolute atomic E-state index is 0.0582. The van der Waals surface area contributed by atoms with Gasteiger partial charge in [0.2, 0.25) is 11.8 Å². The molecule has 2 saturated heterocycles. The van der Waals surface area contributed by atoms with Crippen LogP contribution < -0.4 is 15.0 Å². The molecule has 2 aromatic carbocycles. The molecule has 0 spiro atoms. The van der Waals surface area contributed by atoms with Crippen LogP contribution in [0.3, 0.4) is 0 Å². The van der Waals surface area contributed by atoms with Crippen LogP contribution in [0.15, 0.2) is 48.5 Å². The Balaban J connectivity index is 1.45. The second-order valence-electron chi connectivity index (χ2n) is 6.77. The van der Waals surface area contributed by atoms with E-state index in [1.54, 1.807) is 12.0 Å². The molecule has 1 N–H and O–H groups in total. The van der Waals surface area contributed by atoms with E-state index < -0.39 is 0 Å². The van der Waals surface area contributed by atoms with Crippen LogP contribution in [0.5, 0.6) is 5.75 Å². The first-order valence-electron chi connectivity index (χ1n) is 9.23. The van der Waals surface area contributed by atoms with E-state index >= 15 is 0 Å². The number of hydrogen-bond acceptors (Lipinski definition) is 5. The van der Waals surface area contributed by atoms with Gasteiger partial charge in [0.25, 0.3) is 0 Å². The number of hydrogen-bond donors (Lipinski definition) is 1. The van der Waals surface area contributed by atoms with Crippen molar-refractivity contribution < 1.29 is 14.3 Å². The Bertz CT molecular complexity index is 883. The van der Waals surface area contributed by atoms with Crippen molar-refractivity contribution in [2.24, 2.45) is 5.92 Å². The van der Waals surface area contributed by atoms with E-state index in [0.717, 1.165) is 17.2 Å². The van der Waals surface area contributed by atoms with Crippen molar-refractivity contribution in [3.8, 4) is 5.75 Å². The van der Waals surface area contributed by atoms with E-state index in [4.69, 9.17) is 4.74 Å². The van der Waals surface area contributed by atoms with Gasteiger partial charge in [-0.2, -0.15) is 0 Å². The number of thioether (sulfide) groups is 2. The van der Waals surface area contributed by atoms with Crippen LogP contribution in [0.1, 0.15) is 16.6 Å². The van der Waals surface area contributed by atoms with Crippen LogP contribution >= 0.6 is 23.5 Å². The average Bonchev–Trinajstić information content (AvgIpc) is 3.38. The lowest BCUT2D eigenvalue weighted by Gasteiger charge is -2.19. The summed E-state index contributed by atoms with van der Waals surface area (Å²) in [5.74, 6) is 2.41. The van der Waals surface area contributed by atoms with E-state index in [0.29, 0.717) is 22.6 Å². The SMILES string of the molecule is COc1ccccc1N1CC(C(=O)Nc2cccc(C3SCCS3)c2)CC1=O. The molecule has 2 fully saturated rings. The average molecular weight is 415 g/mol. The lowest BCUT2D eigenvalue weighted by Crippen LogP contribution is -2.28. The Morgan fingerprint density at radius 2 is 1.93 bits per heavy atom. The normalized spacial score (nSPS) is 19.8. The van der Waals surface area contributed by atoms with Gasteiger partial charge in [-0.15, -0.1) is 23.5 Å². The highest BCUT2D eigenvalue weighted by molar-refractivity contribution is 8.19. The van der Waals surface area contributed by atoms with E-state index in [1.165, 1.54) is 5.56 Å². The van der Waals surface area contributed by atoms with Crippen molar-refractivity contribution in [1.82, 2.24) is 0 Å². The number of para-hydroxylation sites is 2. The second-order valence-corrected chi connectivity index (χ2v) is 9.49. The molecule has 2 aromatic rings. The third kappa shape index (κ3) is 4.00. The minimum atomic E-state index is -0.378. The first kappa shape index (κ1) is 19.2. The molecule has 5 nitrogen and oxygen atoms in total. The van der Waals surface area contributed by atoms with Crippen LogP contribution in [0.2, 0.25) is 0 Å². The van der Waals surface area contributed by atoms with Crippen molar-refractivity contribution >= 4 is 46.7 Å². The summed E-state index contributed by atoms with van der Waals surface area (Å²) in [5.41, 5.74) is 2.73. The fourth-order valence-electron chi connectivity index (χ4n) is 3.53. The molecule has 2 heterocycles. The zero-order chi connectivity index (χ0) is 19.5. The minimum Gasteiger partial charge on any atom is -0.495 e. The molecule has 0 radical (unpaired) electrons. The second kappa shape index (κ2) is 8.49. The molecule has 0 aromatic heterocycles. The van der Waals surface area contributed by atoms with Crippen molar-refractivity contribution in [2.75, 3.05) is 35.4 Å². The number of ether oxygens (including phenoxy) is 1.